The van der Waals surface area contributed by atoms with Crippen molar-refractivity contribution in [2.45, 2.75) is 6.54 Å². The van der Waals surface area contributed by atoms with Gasteiger partial charge in [0.25, 0.3) is 0 Å². The highest BCUT2D eigenvalue weighted by Crippen LogP contribution is 2.28. The molecule has 3 N–H and O–H groups in total. The van der Waals surface area contributed by atoms with Gasteiger partial charge in [-0.15, -0.1) is 0 Å². The third kappa shape index (κ3) is 3.46. The first kappa shape index (κ1) is 13.8. The van der Waals surface area contributed by atoms with Crippen molar-refractivity contribution in [2.24, 2.45) is 0 Å². The lowest BCUT2D eigenvalue weighted by atomic mass is 10.2. The summed E-state index contributed by atoms with van der Waals surface area (Å²) < 4.78 is 5.27. The molecule has 0 aliphatic rings. The van der Waals surface area contributed by atoms with E-state index in [1.54, 1.807) is 19.2 Å². The molecule has 0 bridgehead atoms. The van der Waals surface area contributed by atoms with Crippen LogP contribution < -0.4 is 15.8 Å². The maximum Gasteiger partial charge on any atom is 0.144 e. The average molecular weight is 297 g/mol. The van der Waals surface area contributed by atoms with Gasteiger partial charge < -0.3 is 15.8 Å². The van der Waals surface area contributed by atoms with Crippen molar-refractivity contribution < 1.29 is 4.74 Å². The van der Waals surface area contributed by atoms with Crippen molar-refractivity contribution in [3.05, 3.63) is 52.0 Å². The summed E-state index contributed by atoms with van der Waals surface area (Å²) in [5, 5.41) is 4.52. The number of nitrogens with one attached hydrogen (secondary N) is 1. The normalized spacial score (nSPS) is 10.3. The number of hydrogen-bond acceptors (Lipinski definition) is 3. The van der Waals surface area contributed by atoms with Gasteiger partial charge in [-0.1, -0.05) is 29.3 Å². The molecule has 0 aliphatic heterocycles. The minimum atomic E-state index is 0.580. The van der Waals surface area contributed by atoms with Crippen LogP contribution in [0, 0.1) is 0 Å². The zero-order valence-electron chi connectivity index (χ0n) is 10.4. The van der Waals surface area contributed by atoms with Gasteiger partial charge >= 0.3 is 0 Å². The van der Waals surface area contributed by atoms with Crippen molar-refractivity contribution in [3.8, 4) is 5.75 Å². The maximum atomic E-state index is 6.12. The zero-order valence-corrected chi connectivity index (χ0v) is 11.9. The molecule has 2 aromatic rings. The highest BCUT2D eigenvalue weighted by atomic mass is 35.5. The van der Waals surface area contributed by atoms with Gasteiger partial charge in [0.15, 0.2) is 0 Å². The van der Waals surface area contributed by atoms with Crippen molar-refractivity contribution in [3.63, 3.8) is 0 Å². The van der Waals surface area contributed by atoms with E-state index < -0.39 is 0 Å². The number of rotatable bonds is 4. The van der Waals surface area contributed by atoms with Crippen LogP contribution in [0.1, 0.15) is 5.56 Å². The van der Waals surface area contributed by atoms with Gasteiger partial charge in [0.2, 0.25) is 0 Å². The minimum absolute atomic E-state index is 0.580. The van der Waals surface area contributed by atoms with Crippen LogP contribution in [0.3, 0.4) is 0 Å². The Morgan fingerprint density at radius 3 is 2.63 bits per heavy atom. The summed E-state index contributed by atoms with van der Waals surface area (Å²) in [6.07, 6.45) is 0. The maximum absolute atomic E-state index is 6.12. The third-order valence-electron chi connectivity index (χ3n) is 2.71. The van der Waals surface area contributed by atoms with Gasteiger partial charge in [-0.25, -0.2) is 0 Å². The molecule has 0 aromatic heterocycles. The molecule has 0 amide bonds. The highest BCUT2D eigenvalue weighted by molar-refractivity contribution is 6.35. The van der Waals surface area contributed by atoms with E-state index in [-0.39, 0.29) is 0 Å². The Bertz CT molecular complexity index is 588. The number of nitrogen functional groups attached to an aromatic ring is 1. The van der Waals surface area contributed by atoms with E-state index in [2.05, 4.69) is 5.32 Å². The van der Waals surface area contributed by atoms with Crippen LogP contribution in [-0.2, 0) is 6.54 Å². The minimum Gasteiger partial charge on any atom is -0.495 e. The van der Waals surface area contributed by atoms with E-state index in [9.17, 15) is 0 Å². The van der Waals surface area contributed by atoms with Crippen molar-refractivity contribution in [1.82, 2.24) is 0 Å². The molecule has 5 heteroatoms. The molecular formula is C14H14Cl2N2O. The van der Waals surface area contributed by atoms with Gasteiger partial charge in [0.1, 0.15) is 5.75 Å². The fraction of sp³-hybridized carbons (Fsp3) is 0.143. The molecule has 2 rings (SSSR count). The van der Waals surface area contributed by atoms with Crippen LogP contribution in [-0.4, -0.2) is 7.11 Å². The molecule has 0 saturated heterocycles. The molecule has 19 heavy (non-hydrogen) atoms. The number of hydrogen-bond donors (Lipinski definition) is 2. The number of ether oxygens (including phenoxy) is 1. The van der Waals surface area contributed by atoms with Crippen LogP contribution in [0.25, 0.3) is 0 Å². The first-order chi connectivity index (χ1) is 9.10. The summed E-state index contributed by atoms with van der Waals surface area (Å²) in [5.41, 5.74) is 8.19. The summed E-state index contributed by atoms with van der Waals surface area (Å²) >= 11 is 12.0. The van der Waals surface area contributed by atoms with Gasteiger partial charge in [0, 0.05) is 28.3 Å². The fourth-order valence-electron chi connectivity index (χ4n) is 1.71. The zero-order chi connectivity index (χ0) is 13.8. The van der Waals surface area contributed by atoms with E-state index in [0.717, 1.165) is 11.3 Å². The molecule has 2 aromatic carbocycles. The summed E-state index contributed by atoms with van der Waals surface area (Å²) in [4.78, 5) is 0. The summed E-state index contributed by atoms with van der Waals surface area (Å²) in [5.74, 6) is 0.699. The number of anilines is 2. The molecule has 3 nitrogen and oxygen atoms in total. The van der Waals surface area contributed by atoms with E-state index >= 15 is 0 Å². The van der Waals surface area contributed by atoms with Crippen LogP contribution in [0.15, 0.2) is 36.4 Å². The molecule has 0 unspecified atom stereocenters. The predicted molar refractivity (Wildman–Crippen MR) is 81.2 cm³/mol. The second kappa shape index (κ2) is 6.04. The third-order valence-corrected chi connectivity index (χ3v) is 3.30. The predicted octanol–water partition coefficient (Wildman–Crippen LogP) is 4.20. The summed E-state index contributed by atoms with van der Waals surface area (Å²) in [7, 11) is 1.61. The van der Waals surface area contributed by atoms with Gasteiger partial charge in [-0.2, -0.15) is 0 Å². The Kier molecular flexibility index (Phi) is 4.40. The number of methoxy groups -OCH3 is 1. The van der Waals surface area contributed by atoms with Crippen LogP contribution in [0.4, 0.5) is 11.4 Å². The Morgan fingerprint density at radius 2 is 1.95 bits per heavy atom. The van der Waals surface area contributed by atoms with E-state index in [1.165, 1.54) is 0 Å². The molecule has 0 atom stereocenters. The van der Waals surface area contributed by atoms with Gasteiger partial charge in [-0.05, 0) is 29.8 Å². The molecule has 0 aliphatic carbocycles. The van der Waals surface area contributed by atoms with Crippen LogP contribution >= 0.6 is 23.2 Å². The van der Waals surface area contributed by atoms with E-state index in [0.29, 0.717) is 28.0 Å². The quantitative estimate of drug-likeness (QED) is 0.832. The Morgan fingerprint density at radius 1 is 1.16 bits per heavy atom. The van der Waals surface area contributed by atoms with Crippen molar-refractivity contribution in [1.29, 1.82) is 0 Å². The lowest BCUT2D eigenvalue weighted by Gasteiger charge is -2.12. The number of benzene rings is 2. The second-order valence-electron chi connectivity index (χ2n) is 4.05. The average Bonchev–Trinajstić information content (AvgIpc) is 2.39. The summed E-state index contributed by atoms with van der Waals surface area (Å²) in [6, 6.07) is 10.9. The summed E-state index contributed by atoms with van der Waals surface area (Å²) in [6.45, 7) is 0.580. The van der Waals surface area contributed by atoms with Crippen molar-refractivity contribution >= 4 is 34.6 Å². The topological polar surface area (TPSA) is 47.3 Å². The molecule has 0 radical (unpaired) electrons. The smallest absolute Gasteiger partial charge is 0.144 e. The second-order valence-corrected chi connectivity index (χ2v) is 4.89. The monoisotopic (exact) mass is 296 g/mol. The molecule has 0 saturated carbocycles. The first-order valence-corrected chi connectivity index (χ1v) is 6.47. The van der Waals surface area contributed by atoms with Crippen molar-refractivity contribution in [2.75, 3.05) is 18.2 Å². The number of nitrogens with two attached hydrogens (primary N) is 1. The Hall–Kier alpha value is -1.58. The molecular weight excluding hydrogens is 283 g/mol. The first-order valence-electron chi connectivity index (χ1n) is 5.71. The van der Waals surface area contributed by atoms with Gasteiger partial charge in [-0.3, -0.25) is 0 Å². The Labute approximate surface area is 122 Å². The molecule has 0 fully saturated rings. The number of halogens is 2. The van der Waals surface area contributed by atoms with Crippen LogP contribution in [0.2, 0.25) is 10.0 Å². The van der Waals surface area contributed by atoms with Gasteiger partial charge in [0.05, 0.1) is 12.8 Å². The Balaban J connectivity index is 2.14. The standard InChI is InChI=1S/C14H14Cl2N2O/c1-19-14-7-11(17)4-5-13(14)18-8-9-2-3-10(15)6-12(9)16/h2-7,18H,8,17H2,1H3. The molecule has 100 valence electrons. The fourth-order valence-corrected chi connectivity index (χ4v) is 2.18. The van der Waals surface area contributed by atoms with E-state index in [1.807, 2.05) is 24.3 Å². The molecule has 0 heterocycles. The lowest BCUT2D eigenvalue weighted by Crippen LogP contribution is -2.02. The highest BCUT2D eigenvalue weighted by Gasteiger charge is 2.05. The lowest BCUT2D eigenvalue weighted by molar-refractivity contribution is 0.416. The SMILES string of the molecule is COc1cc(N)ccc1NCc1ccc(Cl)cc1Cl. The van der Waals surface area contributed by atoms with Crippen LogP contribution in [0.5, 0.6) is 5.75 Å². The molecule has 0 spiro atoms. The largest absolute Gasteiger partial charge is 0.495 e. The van der Waals surface area contributed by atoms with E-state index in [4.69, 9.17) is 33.7 Å².